The molecule has 384 valence electrons. The first-order valence-electron chi connectivity index (χ1n) is 27.7. The van der Waals surface area contributed by atoms with Gasteiger partial charge in [-0.05, 0) is 142 Å². The van der Waals surface area contributed by atoms with Gasteiger partial charge in [-0.3, -0.25) is 0 Å². The van der Waals surface area contributed by atoms with Crippen molar-refractivity contribution in [3.8, 4) is 33.4 Å². The fourth-order valence-corrected chi connectivity index (χ4v) is 14.0. The molecule has 0 N–H and O–H groups in total. The molecule has 0 aliphatic carbocycles. The zero-order valence-electron chi connectivity index (χ0n) is 44.1. The molecule has 0 atom stereocenters. The monoisotopic (exact) mass is 1070 g/mol. The highest BCUT2D eigenvalue weighted by Crippen LogP contribution is 2.51. The molecule has 0 spiro atoms. The number of thiophene rings is 1. The van der Waals surface area contributed by atoms with Gasteiger partial charge in [0.15, 0.2) is 0 Å². The molecule has 0 amide bonds. The van der Waals surface area contributed by atoms with E-state index in [0.29, 0.717) is 0 Å². The Morgan fingerprint density at radius 3 is 1.67 bits per heavy atom. The van der Waals surface area contributed by atoms with Crippen LogP contribution in [0.3, 0.4) is 0 Å². The molecule has 0 saturated carbocycles. The number of hydrogen-bond donors (Lipinski definition) is 0. The predicted octanol–water partition coefficient (Wildman–Crippen LogP) is 22.8. The molecule has 0 fully saturated rings. The molecule has 0 saturated heterocycles. The van der Waals surface area contributed by atoms with Crippen LogP contribution in [0, 0.1) is 0 Å². The lowest BCUT2D eigenvalue weighted by atomic mass is 9.95. The molecule has 0 aliphatic rings. The first kappa shape index (κ1) is 46.3. The molecule has 0 aliphatic heterocycles. The Bertz CT molecular complexity index is 5340. The quantitative estimate of drug-likeness (QED) is 0.144. The molecule has 17 rings (SSSR count). The van der Waals surface area contributed by atoms with E-state index >= 15 is 0 Å². The minimum absolute atomic E-state index is 0.807. The van der Waals surface area contributed by atoms with Gasteiger partial charge in [-0.25, -0.2) is 0 Å². The number of hydrogen-bond acceptors (Lipinski definition) is 6. The van der Waals surface area contributed by atoms with E-state index in [1.54, 1.807) is 0 Å². The second kappa shape index (κ2) is 18.5. The summed E-state index contributed by atoms with van der Waals surface area (Å²) in [5.41, 5.74) is 17.9. The van der Waals surface area contributed by atoms with Gasteiger partial charge in [-0.15, -0.1) is 11.3 Å². The molecule has 0 radical (unpaired) electrons. The molecule has 17 aromatic rings. The molecule has 13 aromatic carbocycles. The van der Waals surface area contributed by atoms with Gasteiger partial charge < -0.3 is 23.1 Å². The topological polar surface area (TPSA) is 45.9 Å². The van der Waals surface area contributed by atoms with Crippen molar-refractivity contribution in [3.63, 3.8) is 0 Å². The highest BCUT2D eigenvalue weighted by Gasteiger charge is 2.26. The normalized spacial score (nSPS) is 11.9. The third kappa shape index (κ3) is 7.32. The van der Waals surface area contributed by atoms with Crippen LogP contribution < -0.4 is 9.80 Å². The van der Waals surface area contributed by atoms with E-state index in [-0.39, 0.29) is 0 Å². The van der Waals surface area contributed by atoms with Gasteiger partial charge in [-0.2, -0.15) is 0 Å². The van der Waals surface area contributed by atoms with E-state index in [4.69, 9.17) is 13.3 Å². The van der Waals surface area contributed by atoms with E-state index in [1.165, 1.54) is 31.1 Å². The average Bonchev–Trinajstić information content (AvgIpc) is 4.52. The van der Waals surface area contributed by atoms with Crippen molar-refractivity contribution in [2.75, 3.05) is 9.80 Å². The van der Waals surface area contributed by atoms with Crippen LogP contribution >= 0.6 is 11.3 Å². The number of para-hydroxylation sites is 5. The van der Waals surface area contributed by atoms with Crippen molar-refractivity contribution < 1.29 is 13.3 Å². The Kier molecular flexibility index (Phi) is 10.4. The summed E-state index contributed by atoms with van der Waals surface area (Å²) in [5, 5.41) is 11.1. The Labute approximate surface area is 475 Å². The molecular weight excluding hydrogens is 1020 g/mol. The maximum Gasteiger partial charge on any atom is 0.145 e. The van der Waals surface area contributed by atoms with Crippen LogP contribution in [0.1, 0.15) is 0 Å². The molecule has 0 unspecified atom stereocenters. The summed E-state index contributed by atoms with van der Waals surface area (Å²) in [4.78, 5) is 4.79. The van der Waals surface area contributed by atoms with E-state index in [2.05, 4.69) is 277 Å². The third-order valence-corrected chi connectivity index (χ3v) is 17.6. The summed E-state index contributed by atoms with van der Waals surface area (Å²) in [6.45, 7) is 0. The van der Waals surface area contributed by atoms with E-state index in [1.807, 2.05) is 23.5 Å². The number of furan rings is 3. The van der Waals surface area contributed by atoms with Crippen molar-refractivity contribution in [1.82, 2.24) is 0 Å². The van der Waals surface area contributed by atoms with Crippen LogP contribution in [-0.2, 0) is 0 Å². The highest BCUT2D eigenvalue weighted by atomic mass is 32.1. The number of rotatable bonds is 9. The lowest BCUT2D eigenvalue weighted by Gasteiger charge is -2.29. The van der Waals surface area contributed by atoms with Crippen LogP contribution in [-0.4, -0.2) is 0 Å². The van der Waals surface area contributed by atoms with E-state index in [9.17, 15) is 0 Å². The van der Waals surface area contributed by atoms with Crippen molar-refractivity contribution in [2.45, 2.75) is 0 Å². The Hall–Kier alpha value is -10.7. The first-order chi connectivity index (χ1) is 40.6. The second-order valence-electron chi connectivity index (χ2n) is 21.1. The predicted molar refractivity (Wildman–Crippen MR) is 344 cm³/mol. The van der Waals surface area contributed by atoms with Crippen LogP contribution in [0.2, 0.25) is 0 Å². The Morgan fingerprint density at radius 1 is 0.268 bits per heavy atom. The van der Waals surface area contributed by atoms with Crippen molar-refractivity contribution in [2.24, 2.45) is 0 Å². The summed E-state index contributed by atoms with van der Waals surface area (Å²) in [7, 11) is 0. The van der Waals surface area contributed by atoms with Gasteiger partial charge in [0, 0.05) is 81.4 Å². The lowest BCUT2D eigenvalue weighted by molar-refractivity contribution is 0.668. The van der Waals surface area contributed by atoms with Gasteiger partial charge in [0.05, 0.1) is 22.4 Å². The van der Waals surface area contributed by atoms with Gasteiger partial charge in [0.1, 0.15) is 33.5 Å². The number of fused-ring (bicyclic) bond motifs is 13. The number of benzene rings is 13. The molecular formula is C76H46N2O3S. The van der Waals surface area contributed by atoms with Crippen LogP contribution in [0.25, 0.3) is 130 Å². The lowest BCUT2D eigenvalue weighted by Crippen LogP contribution is -2.11. The zero-order valence-corrected chi connectivity index (χ0v) is 44.9. The number of nitrogens with zero attached hydrogens (tertiary/aromatic N) is 2. The third-order valence-electron chi connectivity index (χ3n) is 16.4. The summed E-state index contributed by atoms with van der Waals surface area (Å²) < 4.78 is 22.7. The maximum absolute atomic E-state index is 7.06. The fraction of sp³-hybridized carbons (Fsp3) is 0. The fourth-order valence-electron chi connectivity index (χ4n) is 12.7. The minimum Gasteiger partial charge on any atom is -0.456 e. The van der Waals surface area contributed by atoms with Gasteiger partial charge in [0.25, 0.3) is 0 Å². The highest BCUT2D eigenvalue weighted by molar-refractivity contribution is 7.26. The SMILES string of the molecule is c1ccc(N(c2ccccc2)c2cccc3sc4c(-c5cccc(-c6ccccc6N(c6ccc7c(c6)oc6cc8ccccc8cc67)c6ccc(-c7ccc8oc9ccccc9c8c7)c7oc8ccccc8c67)c5)cccc4c23)cc1. The van der Waals surface area contributed by atoms with Crippen LogP contribution in [0.5, 0.6) is 0 Å². The molecule has 0 bridgehead atoms. The summed E-state index contributed by atoms with van der Waals surface area (Å²) in [6, 6.07) is 99.9. The summed E-state index contributed by atoms with van der Waals surface area (Å²) in [5.74, 6) is 0. The van der Waals surface area contributed by atoms with Gasteiger partial charge in [-0.1, -0.05) is 164 Å². The molecule has 4 heterocycles. The standard InChI is InChI=1S/C76H46N2O3S/c1-3-22-52(23-4-1)77(53-24-5-2-6-25-53)65-32-17-35-72-73(65)61-30-16-29-57(76(61)82-72)50-21-15-20-49(42-50)55-26-9-12-31-64(55)78(54-37-38-59-63-43-47-18-7-8-19-48(47)45-70(63)80-71(59)46-54)66-40-39-56(75-74(66)60-28-11-14-34-68(60)81-75)51-36-41-69-62(44-51)58-27-10-13-33-67(58)79-69/h1-46H. The second-order valence-corrected chi connectivity index (χ2v) is 22.1. The maximum atomic E-state index is 7.06. The molecule has 5 nitrogen and oxygen atoms in total. The molecule has 6 heteroatoms. The van der Waals surface area contributed by atoms with Crippen molar-refractivity contribution in [3.05, 3.63) is 279 Å². The van der Waals surface area contributed by atoms with E-state index < -0.39 is 0 Å². The Balaban J connectivity index is 0.860. The summed E-state index contributed by atoms with van der Waals surface area (Å²) >= 11 is 1.86. The van der Waals surface area contributed by atoms with Gasteiger partial charge >= 0.3 is 0 Å². The first-order valence-corrected chi connectivity index (χ1v) is 28.5. The average molecular weight is 1070 g/mol. The van der Waals surface area contributed by atoms with Crippen molar-refractivity contribution in [1.29, 1.82) is 0 Å². The van der Waals surface area contributed by atoms with Crippen LogP contribution in [0.15, 0.2) is 292 Å². The molecule has 4 aromatic heterocycles. The smallest absolute Gasteiger partial charge is 0.145 e. The zero-order chi connectivity index (χ0) is 53.8. The Morgan fingerprint density at radius 2 is 0.841 bits per heavy atom. The molecule has 82 heavy (non-hydrogen) atoms. The minimum atomic E-state index is 0.807. The largest absolute Gasteiger partial charge is 0.456 e. The van der Waals surface area contributed by atoms with Crippen molar-refractivity contribution >= 4 is 142 Å². The summed E-state index contributed by atoms with van der Waals surface area (Å²) in [6.07, 6.45) is 0. The number of anilines is 6. The van der Waals surface area contributed by atoms with Gasteiger partial charge in [0.2, 0.25) is 0 Å². The van der Waals surface area contributed by atoms with E-state index in [0.717, 1.165) is 133 Å². The van der Waals surface area contributed by atoms with Crippen LogP contribution in [0.4, 0.5) is 34.1 Å².